The van der Waals surface area contributed by atoms with E-state index in [1.54, 1.807) is 6.08 Å². The van der Waals surface area contributed by atoms with Crippen LogP contribution in [0.3, 0.4) is 0 Å². The number of hydrogen-bond donors (Lipinski definition) is 0. The number of esters is 1. The number of carbonyl (C=O) groups is 2. The number of hydrogen-bond acceptors (Lipinski definition) is 5. The van der Waals surface area contributed by atoms with Gasteiger partial charge in [-0.25, -0.2) is 0 Å². The van der Waals surface area contributed by atoms with Crippen molar-refractivity contribution < 1.29 is 19.1 Å². The average Bonchev–Trinajstić information content (AvgIpc) is 2.69. The number of benzene rings is 2. The lowest BCUT2D eigenvalue weighted by atomic mass is 9.98. The molecule has 2 aromatic rings. The first-order valence-electron chi connectivity index (χ1n) is 8.76. The van der Waals surface area contributed by atoms with Crippen LogP contribution in [0.1, 0.15) is 19.4 Å². The topological polar surface area (TPSA) is 52.6 Å². The van der Waals surface area contributed by atoms with E-state index in [9.17, 15) is 9.59 Å². The highest BCUT2D eigenvalue weighted by Crippen LogP contribution is 2.22. The summed E-state index contributed by atoms with van der Waals surface area (Å²) in [7, 11) is 0. The minimum absolute atomic E-state index is 0.317. The monoisotopic (exact) mass is 384 g/mol. The van der Waals surface area contributed by atoms with Crippen molar-refractivity contribution in [1.29, 1.82) is 0 Å². The van der Waals surface area contributed by atoms with E-state index in [-0.39, 0.29) is 5.92 Å². The molecule has 2 aromatic carbocycles. The Morgan fingerprint density at radius 3 is 2.26 bits per heavy atom. The van der Waals surface area contributed by atoms with Crippen molar-refractivity contribution >= 4 is 24.0 Å². The molecule has 3 atom stereocenters. The minimum atomic E-state index is -0.680. The highest BCUT2D eigenvalue weighted by atomic mass is 32.2. The van der Waals surface area contributed by atoms with Crippen LogP contribution in [0.2, 0.25) is 0 Å². The predicted molar refractivity (Wildman–Crippen MR) is 107 cm³/mol. The molecule has 4 nitrogen and oxygen atoms in total. The maximum absolute atomic E-state index is 11.6. The van der Waals surface area contributed by atoms with Gasteiger partial charge in [0, 0.05) is 17.7 Å². The Hall–Kier alpha value is -2.37. The van der Waals surface area contributed by atoms with E-state index >= 15 is 0 Å². The molecule has 0 saturated heterocycles. The summed E-state index contributed by atoms with van der Waals surface area (Å²) in [5.41, 5.74) is 0.982. The molecule has 0 bridgehead atoms. The van der Waals surface area contributed by atoms with Gasteiger partial charge in [0.05, 0.1) is 6.61 Å². The number of rotatable bonds is 10. The van der Waals surface area contributed by atoms with Crippen LogP contribution in [-0.2, 0) is 25.7 Å². The lowest BCUT2D eigenvalue weighted by Crippen LogP contribution is -2.34. The summed E-state index contributed by atoms with van der Waals surface area (Å²) in [6, 6.07) is 19.5. The Bertz CT molecular complexity index is 730. The lowest BCUT2D eigenvalue weighted by Gasteiger charge is -2.25. The molecule has 2 rings (SSSR count). The van der Waals surface area contributed by atoms with Crippen molar-refractivity contribution in [2.75, 3.05) is 0 Å². The molecule has 0 fully saturated rings. The molecular weight excluding hydrogens is 360 g/mol. The quantitative estimate of drug-likeness (QED) is 0.339. The Kier molecular flexibility index (Phi) is 8.81. The van der Waals surface area contributed by atoms with E-state index in [1.165, 1.54) is 18.7 Å². The van der Waals surface area contributed by atoms with E-state index in [2.05, 4.69) is 0 Å². The van der Waals surface area contributed by atoms with Gasteiger partial charge >= 0.3 is 5.97 Å². The minimum Gasteiger partial charge on any atom is -0.458 e. The molecule has 0 aliphatic heterocycles. The van der Waals surface area contributed by atoms with Gasteiger partial charge in [-0.15, -0.1) is 0 Å². The molecule has 0 unspecified atom stereocenters. The van der Waals surface area contributed by atoms with Crippen LogP contribution in [-0.4, -0.2) is 24.5 Å². The molecule has 27 heavy (non-hydrogen) atoms. The zero-order valence-electron chi connectivity index (χ0n) is 15.5. The number of aldehydes is 1. The van der Waals surface area contributed by atoms with Gasteiger partial charge < -0.3 is 14.3 Å². The first-order chi connectivity index (χ1) is 13.1. The van der Waals surface area contributed by atoms with Crippen LogP contribution >= 0.6 is 11.8 Å². The predicted octanol–water partition coefficient (Wildman–Crippen LogP) is 4.64. The van der Waals surface area contributed by atoms with Crippen molar-refractivity contribution in [2.45, 2.75) is 37.6 Å². The van der Waals surface area contributed by atoms with Crippen LogP contribution in [0.15, 0.2) is 77.0 Å². The summed E-state index contributed by atoms with van der Waals surface area (Å²) in [5.74, 6) is -0.711. The Morgan fingerprint density at radius 2 is 1.67 bits per heavy atom. The first kappa shape index (κ1) is 20.9. The first-order valence-corrected chi connectivity index (χ1v) is 9.64. The number of thioether (sulfide) groups is 1. The summed E-state index contributed by atoms with van der Waals surface area (Å²) in [6.45, 7) is 3.53. The zero-order chi connectivity index (χ0) is 19.5. The van der Waals surface area contributed by atoms with Crippen LogP contribution < -0.4 is 0 Å². The van der Waals surface area contributed by atoms with Gasteiger partial charge in [0.1, 0.15) is 18.5 Å². The fourth-order valence-corrected chi connectivity index (χ4v) is 3.18. The Morgan fingerprint density at radius 1 is 1.04 bits per heavy atom. The van der Waals surface area contributed by atoms with Gasteiger partial charge in [0.15, 0.2) is 0 Å². The third-order valence-corrected chi connectivity index (χ3v) is 4.81. The fraction of sp³-hybridized carbons (Fsp3) is 0.273. The molecule has 0 radical (unpaired) electrons. The van der Waals surface area contributed by atoms with Gasteiger partial charge in [-0.1, -0.05) is 67.2 Å². The van der Waals surface area contributed by atoms with Crippen LogP contribution in [0.25, 0.3) is 0 Å². The molecule has 0 heterocycles. The molecular formula is C22H24O4S. The Balaban J connectivity index is 2.01. The van der Waals surface area contributed by atoms with Crippen molar-refractivity contribution in [3.8, 4) is 0 Å². The average molecular weight is 384 g/mol. The Labute approximate surface area is 164 Å². The standard InChI is InChI=1S/C22H24O4S/c1-17(22(15-23)25-16-19-9-5-3-6-10-19)21(26-18(2)24)13-14-27-20-11-7-4-8-12-20/h3-15,17,21-22H,16H2,1-2H3/b14-13+/t17-,21-,22-/m0/s1. The normalized spacial score (nSPS) is 14.4. The molecule has 0 saturated carbocycles. The second kappa shape index (κ2) is 11.4. The summed E-state index contributed by atoms with van der Waals surface area (Å²) < 4.78 is 11.2. The molecule has 0 aromatic heterocycles. The van der Waals surface area contributed by atoms with Gasteiger partial charge in [-0.05, 0) is 29.2 Å². The smallest absolute Gasteiger partial charge is 0.303 e. The molecule has 5 heteroatoms. The second-order valence-corrected chi connectivity index (χ2v) is 7.07. The van der Waals surface area contributed by atoms with E-state index in [4.69, 9.17) is 9.47 Å². The zero-order valence-corrected chi connectivity index (χ0v) is 16.3. The maximum Gasteiger partial charge on any atom is 0.303 e. The molecule has 142 valence electrons. The van der Waals surface area contributed by atoms with Crippen molar-refractivity contribution in [3.05, 3.63) is 77.7 Å². The largest absolute Gasteiger partial charge is 0.458 e. The maximum atomic E-state index is 11.6. The molecule has 0 spiro atoms. The molecule has 0 N–H and O–H groups in total. The highest BCUT2D eigenvalue weighted by molar-refractivity contribution is 8.02. The second-order valence-electron chi connectivity index (χ2n) is 6.09. The van der Waals surface area contributed by atoms with Gasteiger partial charge in [0.25, 0.3) is 0 Å². The SMILES string of the molecule is CC(=O)O[C@@H](/C=C/Sc1ccccc1)[C@H](C)[C@H](C=O)OCc1ccccc1. The van der Waals surface area contributed by atoms with E-state index in [1.807, 2.05) is 73.0 Å². The van der Waals surface area contributed by atoms with Crippen molar-refractivity contribution in [1.82, 2.24) is 0 Å². The van der Waals surface area contributed by atoms with Crippen LogP contribution in [0.5, 0.6) is 0 Å². The summed E-state index contributed by atoms with van der Waals surface area (Å²) in [4.78, 5) is 24.1. The van der Waals surface area contributed by atoms with E-state index in [0.717, 1.165) is 16.7 Å². The van der Waals surface area contributed by atoms with Crippen LogP contribution in [0, 0.1) is 5.92 Å². The lowest BCUT2D eigenvalue weighted by molar-refractivity contribution is -0.150. The third kappa shape index (κ3) is 7.41. The summed E-state index contributed by atoms with van der Waals surface area (Å²) in [5, 5.41) is 1.87. The molecule has 0 amide bonds. The van der Waals surface area contributed by atoms with Crippen molar-refractivity contribution in [3.63, 3.8) is 0 Å². The summed E-state index contributed by atoms with van der Waals surface area (Å²) >= 11 is 1.52. The van der Waals surface area contributed by atoms with E-state index < -0.39 is 18.2 Å². The fourth-order valence-electron chi connectivity index (χ4n) is 2.48. The van der Waals surface area contributed by atoms with Gasteiger partial charge in [-0.3, -0.25) is 4.79 Å². The number of carbonyl (C=O) groups excluding carboxylic acids is 2. The van der Waals surface area contributed by atoms with Crippen molar-refractivity contribution in [2.24, 2.45) is 5.92 Å². The highest BCUT2D eigenvalue weighted by Gasteiger charge is 2.27. The van der Waals surface area contributed by atoms with Gasteiger partial charge in [-0.2, -0.15) is 0 Å². The molecule has 0 aliphatic rings. The summed E-state index contributed by atoms with van der Waals surface area (Å²) in [6.07, 6.45) is 1.33. The molecule has 0 aliphatic carbocycles. The van der Waals surface area contributed by atoms with E-state index in [0.29, 0.717) is 6.61 Å². The third-order valence-electron chi connectivity index (χ3n) is 3.97. The van der Waals surface area contributed by atoms with Gasteiger partial charge in [0.2, 0.25) is 0 Å². The number of ether oxygens (including phenoxy) is 2. The van der Waals surface area contributed by atoms with Crippen LogP contribution in [0.4, 0.5) is 0 Å².